The van der Waals surface area contributed by atoms with E-state index in [1.165, 1.54) is 0 Å². The summed E-state index contributed by atoms with van der Waals surface area (Å²) < 4.78 is 2.05. The van der Waals surface area contributed by atoms with Gasteiger partial charge < -0.3 is 0 Å². The van der Waals surface area contributed by atoms with E-state index in [4.69, 9.17) is 0 Å². The summed E-state index contributed by atoms with van der Waals surface area (Å²) in [7, 11) is 0. The molecule has 0 aliphatic carbocycles. The highest BCUT2D eigenvalue weighted by Gasteiger charge is 2.12. The van der Waals surface area contributed by atoms with Gasteiger partial charge in [0.15, 0.2) is 5.82 Å². The second kappa shape index (κ2) is 5.23. The van der Waals surface area contributed by atoms with E-state index in [1.807, 2.05) is 37.6 Å². The van der Waals surface area contributed by atoms with Gasteiger partial charge in [-0.1, -0.05) is 0 Å². The molecular weight excluding hydrogens is 294 g/mol. The number of hydrogen-bond acceptors (Lipinski definition) is 4. The van der Waals surface area contributed by atoms with Crippen molar-refractivity contribution in [2.75, 3.05) is 0 Å². The third kappa shape index (κ3) is 2.23. The molecule has 0 aromatic carbocycles. The van der Waals surface area contributed by atoms with Crippen LogP contribution in [0.4, 0.5) is 0 Å². The average Bonchev–Trinajstić information content (AvgIpc) is 3.27. The molecule has 1 N–H and O–H groups in total. The first kappa shape index (κ1) is 13.0. The van der Waals surface area contributed by atoms with Gasteiger partial charge >= 0.3 is 0 Å². The average molecular weight is 307 g/mol. The van der Waals surface area contributed by atoms with E-state index in [9.17, 15) is 0 Å². The first-order valence-corrected chi connectivity index (χ1v) is 7.69. The largest absolute Gasteiger partial charge is 0.298 e. The van der Waals surface area contributed by atoms with Crippen LogP contribution in [0.2, 0.25) is 0 Å². The molecule has 0 amide bonds. The molecule has 0 aliphatic heterocycles. The first-order valence-electron chi connectivity index (χ1n) is 6.87. The number of H-pyrrole nitrogens is 1. The minimum atomic E-state index is 0.918. The van der Waals surface area contributed by atoms with Gasteiger partial charge in [-0.25, -0.2) is 4.98 Å². The maximum absolute atomic E-state index is 4.50. The van der Waals surface area contributed by atoms with Gasteiger partial charge in [0, 0.05) is 24.3 Å². The number of nitrogens with one attached hydrogen (secondary N) is 1. The Bertz CT molecular complexity index is 887. The van der Waals surface area contributed by atoms with Crippen molar-refractivity contribution in [2.24, 2.45) is 0 Å². The van der Waals surface area contributed by atoms with Crippen LogP contribution in [0, 0.1) is 6.92 Å². The Balaban J connectivity index is 1.75. The minimum absolute atomic E-state index is 0.918. The van der Waals surface area contributed by atoms with E-state index >= 15 is 0 Å². The molecule has 0 unspecified atom stereocenters. The van der Waals surface area contributed by atoms with Crippen molar-refractivity contribution in [2.45, 2.75) is 6.92 Å². The zero-order valence-corrected chi connectivity index (χ0v) is 12.7. The van der Waals surface area contributed by atoms with Crippen LogP contribution in [0.25, 0.3) is 27.0 Å². The molecule has 0 fully saturated rings. The van der Waals surface area contributed by atoms with Gasteiger partial charge in [-0.3, -0.25) is 14.6 Å². The number of imidazole rings is 1. The molecule has 108 valence electrons. The number of rotatable bonds is 3. The Morgan fingerprint density at radius 3 is 2.68 bits per heavy atom. The summed E-state index contributed by atoms with van der Waals surface area (Å²) in [6.45, 7) is 1.98. The lowest BCUT2D eigenvalue weighted by Crippen LogP contribution is -1.96. The van der Waals surface area contributed by atoms with Crippen LogP contribution < -0.4 is 0 Å². The van der Waals surface area contributed by atoms with Crippen molar-refractivity contribution in [1.82, 2.24) is 24.7 Å². The zero-order chi connectivity index (χ0) is 14.9. The lowest BCUT2D eigenvalue weighted by molar-refractivity contribution is 1.04. The molecule has 6 heteroatoms. The highest BCUT2D eigenvalue weighted by molar-refractivity contribution is 7.18. The number of pyridine rings is 1. The number of thiophene rings is 1. The molecule has 0 radical (unpaired) electrons. The van der Waals surface area contributed by atoms with Gasteiger partial charge in [-0.15, -0.1) is 11.3 Å². The summed E-state index contributed by atoms with van der Waals surface area (Å²) in [5.41, 5.74) is 3.03. The highest BCUT2D eigenvalue weighted by Crippen LogP contribution is 2.33. The second-order valence-corrected chi connectivity index (χ2v) is 6.00. The minimum Gasteiger partial charge on any atom is -0.298 e. The fourth-order valence-corrected chi connectivity index (χ4v) is 3.27. The predicted molar refractivity (Wildman–Crippen MR) is 87.0 cm³/mol. The van der Waals surface area contributed by atoms with Crippen molar-refractivity contribution in [3.8, 4) is 27.0 Å². The van der Waals surface area contributed by atoms with E-state index in [1.54, 1.807) is 17.5 Å². The van der Waals surface area contributed by atoms with Crippen molar-refractivity contribution in [1.29, 1.82) is 0 Å². The summed E-state index contributed by atoms with van der Waals surface area (Å²) >= 11 is 1.69. The van der Waals surface area contributed by atoms with Crippen molar-refractivity contribution in [3.05, 3.63) is 60.8 Å². The summed E-state index contributed by atoms with van der Waals surface area (Å²) in [4.78, 5) is 11.1. The zero-order valence-electron chi connectivity index (χ0n) is 11.9. The number of aromatic nitrogens is 5. The van der Waals surface area contributed by atoms with Gasteiger partial charge in [-0.05, 0) is 37.3 Å². The van der Waals surface area contributed by atoms with Crippen LogP contribution in [0.15, 0.2) is 55.1 Å². The molecule has 22 heavy (non-hydrogen) atoms. The summed E-state index contributed by atoms with van der Waals surface area (Å²) in [5, 5.41) is 6.98. The molecule has 0 spiro atoms. The monoisotopic (exact) mass is 307 g/mol. The van der Waals surface area contributed by atoms with Crippen molar-refractivity contribution in [3.63, 3.8) is 0 Å². The van der Waals surface area contributed by atoms with E-state index in [-0.39, 0.29) is 0 Å². The summed E-state index contributed by atoms with van der Waals surface area (Å²) in [6, 6.07) is 10.2. The second-order valence-electron chi connectivity index (χ2n) is 4.91. The van der Waals surface area contributed by atoms with Crippen molar-refractivity contribution >= 4 is 11.3 Å². The first-order chi connectivity index (χ1) is 10.8. The molecule has 0 aliphatic rings. The quantitative estimate of drug-likeness (QED) is 0.628. The van der Waals surface area contributed by atoms with E-state index in [2.05, 4.69) is 42.9 Å². The van der Waals surface area contributed by atoms with Gasteiger partial charge in [-0.2, -0.15) is 5.10 Å². The highest BCUT2D eigenvalue weighted by atomic mass is 32.1. The molecule has 4 rings (SSSR count). The molecule has 0 atom stereocenters. The summed E-state index contributed by atoms with van der Waals surface area (Å²) in [5.74, 6) is 0.918. The maximum atomic E-state index is 4.50. The Labute approximate surface area is 131 Å². The van der Waals surface area contributed by atoms with Crippen LogP contribution in [0.1, 0.15) is 5.69 Å². The molecule has 0 bridgehead atoms. The number of aromatic amines is 1. The molecule has 4 aromatic rings. The SMILES string of the molecule is Cc1ccc(-n2ccnc2-c2ccc(-c3ccn[nH]3)s2)cn1. The van der Waals surface area contributed by atoms with Crippen LogP contribution in [0.5, 0.6) is 0 Å². The molecule has 4 heterocycles. The lowest BCUT2D eigenvalue weighted by atomic mass is 10.3. The Hall–Kier alpha value is -2.73. The number of hydrogen-bond donors (Lipinski definition) is 1. The third-order valence-electron chi connectivity index (χ3n) is 3.41. The molecule has 5 nitrogen and oxygen atoms in total. The van der Waals surface area contributed by atoms with Crippen LogP contribution >= 0.6 is 11.3 Å². The van der Waals surface area contributed by atoms with Gasteiger partial charge in [0.1, 0.15) is 0 Å². The van der Waals surface area contributed by atoms with Gasteiger partial charge in [0.25, 0.3) is 0 Å². The fraction of sp³-hybridized carbons (Fsp3) is 0.0625. The standard InChI is InChI=1S/C16H13N5S/c1-11-2-3-12(10-18-11)21-9-8-17-16(21)15-5-4-14(22-15)13-6-7-19-20-13/h2-10H,1H3,(H,19,20). The Kier molecular flexibility index (Phi) is 3.08. The van der Waals surface area contributed by atoms with Crippen LogP contribution in [0.3, 0.4) is 0 Å². The fourth-order valence-electron chi connectivity index (χ4n) is 2.29. The maximum Gasteiger partial charge on any atom is 0.154 e. The third-order valence-corrected chi connectivity index (χ3v) is 4.52. The lowest BCUT2D eigenvalue weighted by Gasteiger charge is -2.06. The smallest absolute Gasteiger partial charge is 0.154 e. The van der Waals surface area contributed by atoms with E-state index in [0.717, 1.165) is 32.7 Å². The molecule has 4 aromatic heterocycles. The van der Waals surface area contributed by atoms with Gasteiger partial charge in [0.2, 0.25) is 0 Å². The van der Waals surface area contributed by atoms with Crippen molar-refractivity contribution < 1.29 is 0 Å². The molecule has 0 saturated carbocycles. The Morgan fingerprint density at radius 1 is 1.00 bits per heavy atom. The topological polar surface area (TPSA) is 59.4 Å². The van der Waals surface area contributed by atoms with E-state index < -0.39 is 0 Å². The Morgan fingerprint density at radius 2 is 1.91 bits per heavy atom. The molecular formula is C16H13N5S. The van der Waals surface area contributed by atoms with Crippen LogP contribution in [-0.2, 0) is 0 Å². The summed E-state index contributed by atoms with van der Waals surface area (Å²) in [6.07, 6.45) is 7.39. The van der Waals surface area contributed by atoms with Crippen LogP contribution in [-0.4, -0.2) is 24.7 Å². The van der Waals surface area contributed by atoms with Gasteiger partial charge in [0.05, 0.1) is 27.3 Å². The number of aryl methyl sites for hydroxylation is 1. The van der Waals surface area contributed by atoms with E-state index in [0.29, 0.717) is 0 Å². The number of nitrogens with zero attached hydrogens (tertiary/aromatic N) is 4. The molecule has 0 saturated heterocycles. The predicted octanol–water partition coefficient (Wildman–Crippen LogP) is 3.69. The normalized spacial score (nSPS) is 11.0.